The number of hydrogen-bond donors (Lipinski definition) is 2. The lowest BCUT2D eigenvalue weighted by Crippen LogP contribution is -2.55. The van der Waals surface area contributed by atoms with Crippen LogP contribution < -0.4 is 5.73 Å². The highest BCUT2D eigenvalue weighted by atomic mass is 16.3. The standard InChI is InChI=1S/C13H24N2O2/c1-9-6-7-10(13(14)17)8-15(9)11-4-2-3-5-12(11)16/h9-12,16H,2-8H2,1H3,(H2,14,17). The number of carbonyl (C=O) groups excluding carboxylic acids is 1. The number of primary amides is 1. The Hall–Kier alpha value is -0.610. The second-order valence-electron chi connectivity index (χ2n) is 5.64. The number of aliphatic hydroxyl groups is 1. The van der Waals surface area contributed by atoms with E-state index in [0.29, 0.717) is 6.04 Å². The van der Waals surface area contributed by atoms with Crippen LogP contribution >= 0.6 is 0 Å². The first kappa shape index (κ1) is 12.8. The molecule has 3 N–H and O–H groups in total. The van der Waals surface area contributed by atoms with Crippen LogP contribution in [0.25, 0.3) is 0 Å². The number of hydrogen-bond acceptors (Lipinski definition) is 3. The minimum atomic E-state index is -0.224. The third-order valence-electron chi connectivity index (χ3n) is 4.45. The van der Waals surface area contributed by atoms with Gasteiger partial charge in [-0.25, -0.2) is 0 Å². The quantitative estimate of drug-likeness (QED) is 0.753. The predicted octanol–water partition coefficient (Wildman–Crippen LogP) is 0.876. The Morgan fingerprint density at radius 2 is 1.94 bits per heavy atom. The molecule has 2 aliphatic rings. The van der Waals surface area contributed by atoms with Gasteiger partial charge < -0.3 is 10.8 Å². The van der Waals surface area contributed by atoms with E-state index in [4.69, 9.17) is 5.73 Å². The summed E-state index contributed by atoms with van der Waals surface area (Å²) < 4.78 is 0. The largest absolute Gasteiger partial charge is 0.391 e. The first-order chi connectivity index (χ1) is 8.09. The summed E-state index contributed by atoms with van der Waals surface area (Å²) in [7, 11) is 0. The molecule has 0 bridgehead atoms. The van der Waals surface area contributed by atoms with E-state index in [1.165, 1.54) is 6.42 Å². The number of likely N-dealkylation sites (tertiary alicyclic amines) is 1. The van der Waals surface area contributed by atoms with E-state index in [1.807, 2.05) is 0 Å². The molecule has 17 heavy (non-hydrogen) atoms. The maximum atomic E-state index is 11.3. The molecule has 4 atom stereocenters. The van der Waals surface area contributed by atoms with Crippen LogP contribution in [-0.4, -0.2) is 40.6 Å². The third-order valence-corrected chi connectivity index (χ3v) is 4.45. The highest BCUT2D eigenvalue weighted by molar-refractivity contribution is 5.77. The zero-order chi connectivity index (χ0) is 12.4. The fraction of sp³-hybridized carbons (Fsp3) is 0.923. The Morgan fingerprint density at radius 3 is 2.59 bits per heavy atom. The van der Waals surface area contributed by atoms with Gasteiger partial charge >= 0.3 is 0 Å². The molecule has 1 saturated carbocycles. The van der Waals surface area contributed by atoms with Crippen LogP contribution in [-0.2, 0) is 4.79 Å². The van der Waals surface area contributed by atoms with Crippen LogP contribution in [0.1, 0.15) is 45.4 Å². The van der Waals surface area contributed by atoms with E-state index in [2.05, 4.69) is 11.8 Å². The molecule has 98 valence electrons. The summed E-state index contributed by atoms with van der Waals surface area (Å²) in [6.07, 6.45) is 5.95. The molecule has 2 rings (SSSR count). The molecule has 0 spiro atoms. The molecule has 2 fully saturated rings. The Kier molecular flexibility index (Phi) is 4.05. The van der Waals surface area contributed by atoms with Crippen molar-refractivity contribution in [3.05, 3.63) is 0 Å². The molecule has 4 unspecified atom stereocenters. The number of rotatable bonds is 2. The van der Waals surface area contributed by atoms with Gasteiger partial charge in [0, 0.05) is 18.6 Å². The van der Waals surface area contributed by atoms with Crippen LogP contribution in [0.4, 0.5) is 0 Å². The van der Waals surface area contributed by atoms with Gasteiger partial charge in [-0.1, -0.05) is 12.8 Å². The van der Waals surface area contributed by atoms with Crippen LogP contribution in [0.5, 0.6) is 0 Å². The van der Waals surface area contributed by atoms with E-state index in [-0.39, 0.29) is 24.0 Å². The van der Waals surface area contributed by atoms with E-state index in [1.54, 1.807) is 0 Å². The van der Waals surface area contributed by atoms with Crippen molar-refractivity contribution in [2.24, 2.45) is 11.7 Å². The average molecular weight is 240 g/mol. The number of amides is 1. The molecule has 0 radical (unpaired) electrons. The molecule has 1 amide bonds. The lowest BCUT2D eigenvalue weighted by atomic mass is 9.85. The van der Waals surface area contributed by atoms with Gasteiger partial charge in [0.05, 0.1) is 12.0 Å². The summed E-state index contributed by atoms with van der Waals surface area (Å²) in [4.78, 5) is 13.6. The normalized spacial score (nSPS) is 40.1. The van der Waals surface area contributed by atoms with Gasteiger partial charge in [-0.05, 0) is 32.6 Å². The van der Waals surface area contributed by atoms with Crippen LogP contribution in [0, 0.1) is 5.92 Å². The van der Waals surface area contributed by atoms with Crippen molar-refractivity contribution in [1.29, 1.82) is 0 Å². The third kappa shape index (κ3) is 2.80. The number of nitrogens with two attached hydrogens (primary N) is 1. The summed E-state index contributed by atoms with van der Waals surface area (Å²) in [6, 6.07) is 0.698. The molecule has 1 aliphatic heterocycles. The smallest absolute Gasteiger partial charge is 0.221 e. The Labute approximate surface area is 103 Å². The number of carbonyl (C=O) groups is 1. The SMILES string of the molecule is CC1CCC(C(N)=O)CN1C1CCCCC1O. The Bertz CT molecular complexity index is 283. The molecule has 1 heterocycles. The van der Waals surface area contributed by atoms with Crippen LogP contribution in [0.2, 0.25) is 0 Å². The van der Waals surface area contributed by atoms with Crippen molar-refractivity contribution >= 4 is 5.91 Å². The van der Waals surface area contributed by atoms with Gasteiger partial charge in [0.15, 0.2) is 0 Å². The average Bonchev–Trinajstić information content (AvgIpc) is 2.30. The second-order valence-corrected chi connectivity index (χ2v) is 5.64. The molecule has 4 heteroatoms. The minimum Gasteiger partial charge on any atom is -0.391 e. The molecule has 1 saturated heterocycles. The van der Waals surface area contributed by atoms with Crippen molar-refractivity contribution in [1.82, 2.24) is 4.90 Å². The van der Waals surface area contributed by atoms with Gasteiger partial charge in [0.2, 0.25) is 5.91 Å². The molecular formula is C13H24N2O2. The molecule has 1 aliphatic carbocycles. The van der Waals surface area contributed by atoms with Gasteiger partial charge in [-0.2, -0.15) is 0 Å². The van der Waals surface area contributed by atoms with Gasteiger partial charge in [-0.15, -0.1) is 0 Å². The summed E-state index contributed by atoms with van der Waals surface area (Å²) in [5.74, 6) is -0.215. The number of nitrogens with zero attached hydrogens (tertiary/aromatic N) is 1. The van der Waals surface area contributed by atoms with Crippen molar-refractivity contribution in [3.63, 3.8) is 0 Å². The predicted molar refractivity (Wildman–Crippen MR) is 66.3 cm³/mol. The molecular weight excluding hydrogens is 216 g/mol. The lowest BCUT2D eigenvalue weighted by Gasteiger charge is -2.45. The Morgan fingerprint density at radius 1 is 1.24 bits per heavy atom. The molecule has 0 aromatic heterocycles. The zero-order valence-corrected chi connectivity index (χ0v) is 10.6. The maximum absolute atomic E-state index is 11.3. The molecule has 0 aromatic carbocycles. The van der Waals surface area contributed by atoms with Gasteiger partial charge in [-0.3, -0.25) is 9.69 Å². The van der Waals surface area contributed by atoms with Crippen molar-refractivity contribution < 1.29 is 9.90 Å². The van der Waals surface area contributed by atoms with E-state index >= 15 is 0 Å². The van der Waals surface area contributed by atoms with Crippen molar-refractivity contribution in [3.8, 4) is 0 Å². The van der Waals surface area contributed by atoms with Gasteiger partial charge in [0.25, 0.3) is 0 Å². The van der Waals surface area contributed by atoms with Crippen molar-refractivity contribution in [2.45, 2.75) is 63.6 Å². The molecule has 0 aromatic rings. The first-order valence-electron chi connectivity index (χ1n) is 6.82. The maximum Gasteiger partial charge on any atom is 0.221 e. The van der Waals surface area contributed by atoms with Crippen LogP contribution in [0.15, 0.2) is 0 Å². The fourth-order valence-electron chi connectivity index (χ4n) is 3.31. The highest BCUT2D eigenvalue weighted by Crippen LogP contribution is 2.30. The number of piperidine rings is 1. The van der Waals surface area contributed by atoms with Gasteiger partial charge in [0.1, 0.15) is 0 Å². The van der Waals surface area contributed by atoms with Crippen molar-refractivity contribution in [2.75, 3.05) is 6.54 Å². The summed E-state index contributed by atoms with van der Waals surface area (Å²) in [6.45, 7) is 2.93. The Balaban J connectivity index is 2.03. The molecule has 4 nitrogen and oxygen atoms in total. The lowest BCUT2D eigenvalue weighted by molar-refractivity contribution is -0.125. The summed E-state index contributed by atoms with van der Waals surface area (Å²) in [5.41, 5.74) is 5.41. The topological polar surface area (TPSA) is 66.6 Å². The van der Waals surface area contributed by atoms with E-state index in [9.17, 15) is 9.90 Å². The second kappa shape index (κ2) is 5.36. The van der Waals surface area contributed by atoms with E-state index in [0.717, 1.165) is 38.6 Å². The van der Waals surface area contributed by atoms with E-state index < -0.39 is 0 Å². The first-order valence-corrected chi connectivity index (χ1v) is 6.82. The highest BCUT2D eigenvalue weighted by Gasteiger charge is 2.36. The summed E-state index contributed by atoms with van der Waals surface area (Å²) in [5, 5.41) is 10.1. The minimum absolute atomic E-state index is 0.0275. The number of aliphatic hydroxyl groups excluding tert-OH is 1. The fourth-order valence-corrected chi connectivity index (χ4v) is 3.31. The zero-order valence-electron chi connectivity index (χ0n) is 10.6. The van der Waals surface area contributed by atoms with Crippen LogP contribution in [0.3, 0.4) is 0 Å². The summed E-state index contributed by atoms with van der Waals surface area (Å²) >= 11 is 0. The monoisotopic (exact) mass is 240 g/mol.